The molecule has 0 unspecified atom stereocenters. The zero-order valence-corrected chi connectivity index (χ0v) is 17.2. The molecule has 1 amide bonds. The minimum Gasteiger partial charge on any atom is -0.455 e. The van der Waals surface area contributed by atoms with Gasteiger partial charge in [-0.15, -0.1) is 0 Å². The number of allylic oxidation sites excluding steroid dienone is 3. The average molecular weight is 415 g/mol. The number of carbonyl (C=O) groups is 2. The monoisotopic (exact) mass is 415 g/mol. The molecule has 1 aromatic carbocycles. The second-order valence-electron chi connectivity index (χ2n) is 8.46. The van der Waals surface area contributed by atoms with Crippen LogP contribution < -0.4 is 0 Å². The van der Waals surface area contributed by atoms with E-state index in [9.17, 15) is 23.5 Å². The first-order valence-electron chi connectivity index (χ1n) is 9.81. The van der Waals surface area contributed by atoms with Gasteiger partial charge in [0.15, 0.2) is 11.6 Å². The summed E-state index contributed by atoms with van der Waals surface area (Å²) in [6.07, 6.45) is 2.00. The third kappa shape index (κ3) is 2.83. The van der Waals surface area contributed by atoms with Crippen LogP contribution in [0.1, 0.15) is 37.6 Å². The molecule has 4 atom stereocenters. The van der Waals surface area contributed by atoms with E-state index < -0.39 is 40.8 Å². The first-order chi connectivity index (χ1) is 14.1. The van der Waals surface area contributed by atoms with Gasteiger partial charge in [-0.05, 0) is 48.8 Å². The van der Waals surface area contributed by atoms with Crippen molar-refractivity contribution in [3.8, 4) is 0 Å². The van der Waals surface area contributed by atoms with Gasteiger partial charge in [0.1, 0.15) is 12.2 Å². The Bertz CT molecular complexity index is 1060. The average Bonchev–Trinajstić information content (AvgIpc) is 2.90. The van der Waals surface area contributed by atoms with Gasteiger partial charge in [-0.3, -0.25) is 4.79 Å². The van der Waals surface area contributed by atoms with Crippen LogP contribution in [-0.4, -0.2) is 41.1 Å². The van der Waals surface area contributed by atoms with E-state index in [0.29, 0.717) is 12.0 Å². The number of hydrogen-bond donors (Lipinski definition) is 1. The summed E-state index contributed by atoms with van der Waals surface area (Å²) in [6.45, 7) is 5.64. The summed E-state index contributed by atoms with van der Waals surface area (Å²) in [4.78, 5) is 26.5. The van der Waals surface area contributed by atoms with Gasteiger partial charge >= 0.3 is 5.97 Å². The molecule has 4 rings (SSSR count). The van der Waals surface area contributed by atoms with Gasteiger partial charge in [-0.1, -0.05) is 19.9 Å². The van der Waals surface area contributed by atoms with E-state index in [2.05, 4.69) is 0 Å². The smallest absolute Gasteiger partial charge is 0.341 e. The van der Waals surface area contributed by atoms with Crippen LogP contribution in [0.3, 0.4) is 0 Å². The first kappa shape index (κ1) is 20.5. The van der Waals surface area contributed by atoms with Crippen molar-refractivity contribution >= 4 is 11.9 Å². The van der Waals surface area contributed by atoms with E-state index >= 15 is 0 Å². The van der Waals surface area contributed by atoms with E-state index in [-0.39, 0.29) is 11.8 Å². The van der Waals surface area contributed by atoms with Crippen molar-refractivity contribution in [1.29, 1.82) is 0 Å². The molecule has 0 bridgehead atoms. The van der Waals surface area contributed by atoms with Crippen molar-refractivity contribution in [2.24, 2.45) is 11.3 Å². The Morgan fingerprint density at radius 2 is 2.03 bits per heavy atom. The van der Waals surface area contributed by atoms with Crippen LogP contribution in [-0.2, 0) is 9.53 Å². The fraction of sp³-hybridized carbons (Fsp3) is 0.391. The maximum atomic E-state index is 14.0. The largest absolute Gasteiger partial charge is 0.455 e. The van der Waals surface area contributed by atoms with Gasteiger partial charge in [0.25, 0.3) is 5.91 Å². The van der Waals surface area contributed by atoms with Crippen molar-refractivity contribution in [2.75, 3.05) is 7.05 Å². The van der Waals surface area contributed by atoms with Gasteiger partial charge in [0.05, 0.1) is 5.56 Å². The lowest BCUT2D eigenvalue weighted by Gasteiger charge is -2.48. The minimum atomic E-state index is -1.28. The second-order valence-corrected chi connectivity index (χ2v) is 8.46. The normalized spacial score (nSPS) is 30.6. The van der Waals surface area contributed by atoms with Crippen molar-refractivity contribution in [1.82, 2.24) is 4.90 Å². The van der Waals surface area contributed by atoms with E-state index in [1.807, 2.05) is 19.9 Å². The molecular weight excluding hydrogens is 392 g/mol. The number of aliphatic hydroxyl groups excluding tert-OH is 1. The van der Waals surface area contributed by atoms with Crippen LogP contribution in [0.5, 0.6) is 0 Å². The molecule has 1 aromatic rings. The fourth-order valence-electron chi connectivity index (χ4n) is 4.69. The molecule has 0 fully saturated rings. The van der Waals surface area contributed by atoms with Crippen LogP contribution in [0.15, 0.2) is 52.8 Å². The molecule has 2 aliphatic carbocycles. The van der Waals surface area contributed by atoms with Crippen LogP contribution in [0.4, 0.5) is 8.78 Å². The molecule has 0 saturated heterocycles. The van der Waals surface area contributed by atoms with E-state index in [1.165, 1.54) is 6.07 Å². The zero-order valence-electron chi connectivity index (χ0n) is 17.2. The maximum absolute atomic E-state index is 14.0. The van der Waals surface area contributed by atoms with Crippen molar-refractivity contribution in [2.45, 2.75) is 39.4 Å². The van der Waals surface area contributed by atoms with Gasteiger partial charge in [0, 0.05) is 29.7 Å². The Labute approximate surface area is 173 Å². The van der Waals surface area contributed by atoms with Gasteiger partial charge in [0.2, 0.25) is 0 Å². The number of nitrogens with zero attached hydrogens (tertiary/aromatic N) is 1. The second kappa shape index (κ2) is 6.87. The summed E-state index contributed by atoms with van der Waals surface area (Å²) >= 11 is 0. The third-order valence-electron chi connectivity index (χ3n) is 6.84. The summed E-state index contributed by atoms with van der Waals surface area (Å²) < 4.78 is 33.0. The number of likely N-dealkylation sites (N-methyl/N-ethyl adjacent to an activating group) is 1. The topological polar surface area (TPSA) is 66.8 Å². The molecular formula is C23H23F2NO4. The molecule has 0 saturated carbocycles. The molecule has 0 aromatic heterocycles. The van der Waals surface area contributed by atoms with Crippen LogP contribution >= 0.6 is 0 Å². The number of esters is 1. The summed E-state index contributed by atoms with van der Waals surface area (Å²) in [5.74, 6) is -3.84. The van der Waals surface area contributed by atoms with E-state index in [4.69, 9.17) is 4.74 Å². The lowest BCUT2D eigenvalue weighted by molar-refractivity contribution is -0.123. The Balaban J connectivity index is 1.68. The van der Waals surface area contributed by atoms with Gasteiger partial charge < -0.3 is 14.7 Å². The molecule has 7 heteroatoms. The zero-order chi connectivity index (χ0) is 22.0. The van der Waals surface area contributed by atoms with E-state index in [1.54, 1.807) is 24.9 Å². The fourth-order valence-corrected chi connectivity index (χ4v) is 4.69. The van der Waals surface area contributed by atoms with Crippen molar-refractivity contribution < 1.29 is 28.2 Å². The molecule has 0 spiro atoms. The van der Waals surface area contributed by atoms with Crippen LogP contribution in [0.25, 0.3) is 0 Å². The Morgan fingerprint density at radius 1 is 1.33 bits per heavy atom. The highest BCUT2D eigenvalue weighted by Gasteiger charge is 2.50. The SMILES string of the molecule is CC1=C2C[C@@]3(C)C(=C[C@@H](O)[C@H](OC(=O)c4cccc(F)c4F)[C@@H]3C)C=C2N(C)C1=O. The number of fused-ring (bicyclic) bond motifs is 2. The number of rotatable bonds is 2. The molecule has 1 aliphatic heterocycles. The molecule has 3 aliphatic rings. The number of carbonyl (C=O) groups excluding carboxylic acids is 2. The number of ether oxygens (including phenoxy) is 1. The number of benzene rings is 1. The van der Waals surface area contributed by atoms with Crippen molar-refractivity contribution in [3.05, 3.63) is 70.0 Å². The van der Waals surface area contributed by atoms with E-state index in [0.717, 1.165) is 29.0 Å². The molecule has 30 heavy (non-hydrogen) atoms. The Morgan fingerprint density at radius 3 is 2.73 bits per heavy atom. The highest BCUT2D eigenvalue weighted by Crippen LogP contribution is 2.54. The quantitative estimate of drug-likeness (QED) is 0.751. The third-order valence-corrected chi connectivity index (χ3v) is 6.84. The molecule has 158 valence electrons. The molecule has 0 radical (unpaired) electrons. The molecule has 5 nitrogen and oxygen atoms in total. The first-order valence-corrected chi connectivity index (χ1v) is 9.81. The lowest BCUT2D eigenvalue weighted by atomic mass is 9.59. The number of hydrogen-bond acceptors (Lipinski definition) is 4. The van der Waals surface area contributed by atoms with Crippen LogP contribution in [0, 0.1) is 23.0 Å². The molecule has 1 N–H and O–H groups in total. The maximum Gasteiger partial charge on any atom is 0.341 e. The Hall–Kier alpha value is -2.80. The lowest BCUT2D eigenvalue weighted by Crippen LogP contribution is -2.49. The number of amides is 1. The minimum absolute atomic E-state index is 0.0585. The van der Waals surface area contributed by atoms with Crippen LogP contribution in [0.2, 0.25) is 0 Å². The summed E-state index contributed by atoms with van der Waals surface area (Å²) in [6, 6.07) is 3.29. The summed E-state index contributed by atoms with van der Waals surface area (Å²) in [5.41, 5.74) is 2.28. The molecule has 1 heterocycles. The standard InChI is InChI=1S/C23H23F2NO4/c1-11-15-10-23(3)12(2)20(30-22(29)14-6-5-7-16(24)19(14)25)18(27)9-13(23)8-17(15)26(4)21(11)28/h5-9,12,18,20,27H,10H2,1-4H3/t12-,18+,20+,23+/m0/s1. The van der Waals surface area contributed by atoms with Gasteiger partial charge in [-0.25, -0.2) is 13.6 Å². The van der Waals surface area contributed by atoms with Crippen molar-refractivity contribution in [3.63, 3.8) is 0 Å². The Kier molecular flexibility index (Phi) is 4.69. The highest BCUT2D eigenvalue weighted by atomic mass is 19.2. The number of halogens is 2. The summed E-state index contributed by atoms with van der Waals surface area (Å²) in [7, 11) is 1.72. The van der Waals surface area contributed by atoms with Gasteiger partial charge in [-0.2, -0.15) is 0 Å². The predicted molar refractivity (Wildman–Crippen MR) is 105 cm³/mol. The summed E-state index contributed by atoms with van der Waals surface area (Å²) in [5, 5.41) is 10.7. The predicted octanol–water partition coefficient (Wildman–Crippen LogP) is 3.51. The highest BCUT2D eigenvalue weighted by molar-refractivity contribution is 6.00. The number of aliphatic hydroxyl groups is 1.